The molecule has 0 spiro atoms. The maximum atomic E-state index is 13.3. The van der Waals surface area contributed by atoms with Gasteiger partial charge in [0, 0.05) is 26.2 Å². The maximum absolute atomic E-state index is 13.3. The average molecular weight is 366 g/mol. The summed E-state index contributed by atoms with van der Waals surface area (Å²) in [5.74, 6) is 0.664. The third-order valence-corrected chi connectivity index (χ3v) is 3.92. The average Bonchev–Trinajstić information content (AvgIpc) is 2.61. The molecule has 0 bridgehead atoms. The Bertz CT molecular complexity index is 593. The van der Waals surface area contributed by atoms with Gasteiger partial charge in [-0.15, -0.1) is 0 Å². The lowest BCUT2D eigenvalue weighted by atomic mass is 10.2. The summed E-state index contributed by atoms with van der Waals surface area (Å²) >= 11 is 0. The number of nitrogens with zero attached hydrogens (tertiary/aromatic N) is 2. The molecule has 0 radical (unpaired) electrons. The van der Waals surface area contributed by atoms with E-state index >= 15 is 0 Å². The van der Waals surface area contributed by atoms with E-state index < -0.39 is 0 Å². The number of likely N-dealkylation sites (N-methyl/N-ethyl adjacent to an activating group) is 1. The van der Waals surface area contributed by atoms with Crippen molar-refractivity contribution in [3.05, 3.63) is 30.1 Å². The number of nitrogens with one attached hydrogen (secondary N) is 2. The summed E-state index contributed by atoms with van der Waals surface area (Å²) in [6.45, 7) is 6.68. The van der Waals surface area contributed by atoms with Gasteiger partial charge in [0.05, 0.1) is 6.54 Å². The van der Waals surface area contributed by atoms with Crippen LogP contribution in [0, 0.1) is 5.82 Å². The van der Waals surface area contributed by atoms with Crippen molar-refractivity contribution in [2.75, 3.05) is 27.2 Å². The van der Waals surface area contributed by atoms with Gasteiger partial charge < -0.3 is 20.3 Å². The Morgan fingerprint density at radius 2 is 2.04 bits per heavy atom. The Balaban J connectivity index is 2.69. The molecule has 1 amide bonds. The SMILES string of the molecule is CCC(C)NC(=NCC(=O)N(C)C)NCC(CC)Oc1cccc(F)c1. The molecular weight excluding hydrogens is 335 g/mol. The fraction of sp³-hybridized carbons (Fsp3) is 0.579. The van der Waals surface area contributed by atoms with Gasteiger partial charge in [0.15, 0.2) is 5.96 Å². The predicted octanol–water partition coefficient (Wildman–Crippen LogP) is 2.41. The summed E-state index contributed by atoms with van der Waals surface area (Å²) in [6, 6.07) is 6.32. The van der Waals surface area contributed by atoms with Crippen LogP contribution < -0.4 is 15.4 Å². The van der Waals surface area contributed by atoms with Gasteiger partial charge in [0.1, 0.15) is 24.2 Å². The first-order chi connectivity index (χ1) is 12.3. The highest BCUT2D eigenvalue weighted by Crippen LogP contribution is 2.14. The van der Waals surface area contributed by atoms with Gasteiger partial charge in [-0.05, 0) is 31.9 Å². The quantitative estimate of drug-likeness (QED) is 0.520. The van der Waals surface area contributed by atoms with Crippen LogP contribution in [-0.4, -0.2) is 56.1 Å². The second-order valence-corrected chi connectivity index (χ2v) is 6.39. The molecular formula is C19H31FN4O2. The van der Waals surface area contributed by atoms with E-state index in [-0.39, 0.29) is 30.4 Å². The number of ether oxygens (including phenoxy) is 1. The minimum atomic E-state index is -0.326. The fourth-order valence-electron chi connectivity index (χ4n) is 1.99. The Kier molecular flexibility index (Phi) is 9.47. The zero-order chi connectivity index (χ0) is 19.5. The van der Waals surface area contributed by atoms with Gasteiger partial charge >= 0.3 is 0 Å². The van der Waals surface area contributed by atoms with Crippen molar-refractivity contribution < 1.29 is 13.9 Å². The normalized spacial score (nSPS) is 13.7. The van der Waals surface area contributed by atoms with Crippen molar-refractivity contribution in [2.24, 2.45) is 4.99 Å². The number of aliphatic imine (C=N–C) groups is 1. The number of guanidine groups is 1. The zero-order valence-corrected chi connectivity index (χ0v) is 16.4. The Labute approximate surface area is 155 Å². The number of halogens is 1. The van der Waals surface area contributed by atoms with Crippen LogP contribution in [0.1, 0.15) is 33.6 Å². The van der Waals surface area contributed by atoms with Crippen molar-refractivity contribution in [1.29, 1.82) is 0 Å². The highest BCUT2D eigenvalue weighted by atomic mass is 19.1. The molecule has 146 valence electrons. The molecule has 26 heavy (non-hydrogen) atoms. The molecule has 0 saturated heterocycles. The first-order valence-electron chi connectivity index (χ1n) is 9.02. The molecule has 0 saturated carbocycles. The number of carbonyl (C=O) groups excluding carboxylic acids is 1. The standard InChI is InChI=1S/C19H31FN4O2/c1-6-14(3)23-19(22-13-18(25)24(4)5)21-12-16(7-2)26-17-10-8-9-15(20)11-17/h8-11,14,16H,6-7,12-13H2,1-5H3,(H2,21,22,23). The van der Waals surface area contributed by atoms with E-state index in [1.807, 2.05) is 13.8 Å². The van der Waals surface area contributed by atoms with Gasteiger partial charge in [-0.2, -0.15) is 0 Å². The van der Waals surface area contributed by atoms with Crippen molar-refractivity contribution in [2.45, 2.75) is 45.8 Å². The fourth-order valence-corrected chi connectivity index (χ4v) is 1.99. The molecule has 2 unspecified atom stereocenters. The molecule has 2 N–H and O–H groups in total. The highest BCUT2D eigenvalue weighted by molar-refractivity contribution is 5.84. The molecule has 2 atom stereocenters. The topological polar surface area (TPSA) is 66.0 Å². The summed E-state index contributed by atoms with van der Waals surface area (Å²) in [6.07, 6.45) is 1.53. The molecule has 0 fully saturated rings. The largest absolute Gasteiger partial charge is 0.489 e. The first-order valence-corrected chi connectivity index (χ1v) is 9.02. The second kappa shape index (κ2) is 11.3. The lowest BCUT2D eigenvalue weighted by Crippen LogP contribution is -2.46. The van der Waals surface area contributed by atoms with Crippen LogP contribution >= 0.6 is 0 Å². The summed E-state index contributed by atoms with van der Waals surface area (Å²) < 4.78 is 19.1. The number of carbonyl (C=O) groups is 1. The monoisotopic (exact) mass is 366 g/mol. The molecule has 0 aliphatic heterocycles. The molecule has 7 heteroatoms. The van der Waals surface area contributed by atoms with Crippen molar-refractivity contribution in [3.63, 3.8) is 0 Å². The summed E-state index contributed by atoms with van der Waals surface area (Å²) in [5, 5.41) is 6.48. The lowest BCUT2D eigenvalue weighted by molar-refractivity contribution is -0.127. The lowest BCUT2D eigenvalue weighted by Gasteiger charge is -2.22. The molecule has 0 aromatic heterocycles. The molecule has 1 aromatic carbocycles. The van der Waals surface area contributed by atoms with Crippen molar-refractivity contribution in [3.8, 4) is 5.75 Å². The Hall–Kier alpha value is -2.31. The molecule has 0 heterocycles. The predicted molar refractivity (Wildman–Crippen MR) is 103 cm³/mol. The summed E-state index contributed by atoms with van der Waals surface area (Å²) in [5.41, 5.74) is 0. The number of amides is 1. The van der Waals surface area contributed by atoms with Crippen LogP contribution in [0.15, 0.2) is 29.3 Å². The van der Waals surface area contributed by atoms with E-state index in [1.165, 1.54) is 17.0 Å². The number of hydrogen-bond donors (Lipinski definition) is 2. The molecule has 1 aromatic rings. The Morgan fingerprint density at radius 1 is 1.31 bits per heavy atom. The molecule has 0 aliphatic rings. The highest BCUT2D eigenvalue weighted by Gasteiger charge is 2.12. The summed E-state index contributed by atoms with van der Waals surface area (Å²) in [7, 11) is 3.40. The minimum absolute atomic E-state index is 0.0698. The van der Waals surface area contributed by atoms with Gasteiger partial charge in [0.2, 0.25) is 5.91 Å². The minimum Gasteiger partial charge on any atom is -0.489 e. The molecule has 0 aliphatic carbocycles. The third kappa shape index (κ3) is 8.18. The van der Waals surface area contributed by atoms with Crippen LogP contribution in [0.4, 0.5) is 4.39 Å². The van der Waals surface area contributed by atoms with Gasteiger partial charge in [-0.25, -0.2) is 9.38 Å². The van der Waals surface area contributed by atoms with Gasteiger partial charge in [-0.3, -0.25) is 4.79 Å². The molecule has 1 rings (SSSR count). The van der Waals surface area contributed by atoms with Crippen LogP contribution in [0.5, 0.6) is 5.75 Å². The van der Waals surface area contributed by atoms with E-state index in [9.17, 15) is 9.18 Å². The van der Waals surface area contributed by atoms with Crippen LogP contribution in [0.2, 0.25) is 0 Å². The number of hydrogen-bond acceptors (Lipinski definition) is 3. The van der Waals surface area contributed by atoms with E-state index in [2.05, 4.69) is 22.5 Å². The Morgan fingerprint density at radius 3 is 2.62 bits per heavy atom. The van der Waals surface area contributed by atoms with E-state index in [4.69, 9.17) is 4.74 Å². The smallest absolute Gasteiger partial charge is 0.243 e. The van der Waals surface area contributed by atoms with Crippen LogP contribution in [0.25, 0.3) is 0 Å². The van der Waals surface area contributed by atoms with Crippen molar-refractivity contribution in [1.82, 2.24) is 15.5 Å². The van der Waals surface area contributed by atoms with Crippen molar-refractivity contribution >= 4 is 11.9 Å². The first kappa shape index (κ1) is 21.7. The second-order valence-electron chi connectivity index (χ2n) is 6.39. The van der Waals surface area contributed by atoms with Crippen LogP contribution in [0.3, 0.4) is 0 Å². The number of rotatable bonds is 9. The molecule has 6 nitrogen and oxygen atoms in total. The zero-order valence-electron chi connectivity index (χ0n) is 16.4. The van der Waals surface area contributed by atoms with Gasteiger partial charge in [0.25, 0.3) is 0 Å². The maximum Gasteiger partial charge on any atom is 0.243 e. The van der Waals surface area contributed by atoms with Gasteiger partial charge in [-0.1, -0.05) is 19.9 Å². The van der Waals surface area contributed by atoms with E-state index in [0.29, 0.717) is 18.3 Å². The van der Waals surface area contributed by atoms with E-state index in [1.54, 1.807) is 26.2 Å². The number of benzene rings is 1. The van der Waals surface area contributed by atoms with Crippen LogP contribution in [-0.2, 0) is 4.79 Å². The third-order valence-electron chi connectivity index (χ3n) is 3.92. The summed E-state index contributed by atoms with van der Waals surface area (Å²) in [4.78, 5) is 17.6. The van der Waals surface area contributed by atoms with E-state index in [0.717, 1.165) is 12.8 Å².